The summed E-state index contributed by atoms with van der Waals surface area (Å²) in [5.41, 5.74) is 4.29. The highest BCUT2D eigenvalue weighted by Gasteiger charge is 2.26. The molecular weight excluding hydrogens is 306 g/mol. The van der Waals surface area contributed by atoms with E-state index in [0.29, 0.717) is 0 Å². The van der Waals surface area contributed by atoms with Gasteiger partial charge in [-0.15, -0.1) is 11.8 Å². The van der Waals surface area contributed by atoms with Crippen molar-refractivity contribution in [2.45, 2.75) is 23.8 Å². The Kier molecular flexibility index (Phi) is 5.65. The molecular formula is C14H17N3O4S. The number of carbonyl (C=O) groups excluding carboxylic acids is 3. The Hall–Kier alpha value is -2.22. The molecule has 0 unspecified atom stereocenters. The van der Waals surface area contributed by atoms with Crippen LogP contribution in [0, 0.1) is 0 Å². The van der Waals surface area contributed by atoms with Crippen LogP contribution in [0.5, 0.6) is 5.75 Å². The molecule has 1 aliphatic rings. The van der Waals surface area contributed by atoms with Crippen LogP contribution in [0.3, 0.4) is 0 Å². The van der Waals surface area contributed by atoms with E-state index in [9.17, 15) is 14.4 Å². The van der Waals surface area contributed by atoms with E-state index in [4.69, 9.17) is 4.74 Å². The zero-order chi connectivity index (χ0) is 15.9. The molecule has 0 atom stereocenters. The molecule has 0 heterocycles. The summed E-state index contributed by atoms with van der Waals surface area (Å²) in [6, 6.07) is 7.35. The second-order valence-electron chi connectivity index (χ2n) is 4.71. The van der Waals surface area contributed by atoms with Crippen molar-refractivity contribution in [1.29, 1.82) is 0 Å². The Morgan fingerprint density at radius 3 is 2.41 bits per heavy atom. The lowest BCUT2D eigenvalue weighted by molar-refractivity contribution is -0.140. The largest absolute Gasteiger partial charge is 0.497 e. The van der Waals surface area contributed by atoms with Crippen molar-refractivity contribution >= 4 is 29.5 Å². The minimum Gasteiger partial charge on any atom is -0.497 e. The third-order valence-corrected chi connectivity index (χ3v) is 3.88. The summed E-state index contributed by atoms with van der Waals surface area (Å²) in [6.45, 7) is 0. The molecule has 0 saturated heterocycles. The van der Waals surface area contributed by atoms with E-state index >= 15 is 0 Å². The van der Waals surface area contributed by atoms with Gasteiger partial charge in [0, 0.05) is 10.9 Å². The summed E-state index contributed by atoms with van der Waals surface area (Å²) < 4.78 is 5.04. The zero-order valence-electron chi connectivity index (χ0n) is 12.0. The van der Waals surface area contributed by atoms with E-state index in [0.717, 1.165) is 23.5 Å². The van der Waals surface area contributed by atoms with E-state index in [-0.39, 0.29) is 11.8 Å². The minimum atomic E-state index is -0.866. The van der Waals surface area contributed by atoms with E-state index in [1.54, 1.807) is 19.2 Å². The van der Waals surface area contributed by atoms with Crippen molar-refractivity contribution < 1.29 is 19.1 Å². The maximum absolute atomic E-state index is 11.6. The van der Waals surface area contributed by atoms with Crippen molar-refractivity contribution in [3.8, 4) is 5.75 Å². The SMILES string of the molecule is COc1ccc(SCC(=O)NNC(=O)C(=O)NC2CC2)cc1. The van der Waals surface area contributed by atoms with E-state index in [2.05, 4.69) is 16.2 Å². The molecule has 118 valence electrons. The van der Waals surface area contributed by atoms with Gasteiger partial charge in [-0.1, -0.05) is 0 Å². The number of thioether (sulfide) groups is 1. The van der Waals surface area contributed by atoms with Gasteiger partial charge >= 0.3 is 11.8 Å². The molecule has 0 aliphatic heterocycles. The summed E-state index contributed by atoms with van der Waals surface area (Å²) in [7, 11) is 1.58. The zero-order valence-corrected chi connectivity index (χ0v) is 12.9. The first-order valence-corrected chi connectivity index (χ1v) is 7.73. The molecule has 1 aromatic carbocycles. The Morgan fingerprint density at radius 1 is 1.14 bits per heavy atom. The van der Waals surface area contributed by atoms with Gasteiger partial charge in [-0.25, -0.2) is 0 Å². The Bertz CT molecular complexity index is 558. The fourth-order valence-electron chi connectivity index (χ4n) is 1.52. The number of amides is 3. The highest BCUT2D eigenvalue weighted by atomic mass is 32.2. The first-order chi connectivity index (χ1) is 10.6. The normalized spacial score (nSPS) is 13.1. The van der Waals surface area contributed by atoms with Gasteiger partial charge in [-0.3, -0.25) is 25.2 Å². The monoisotopic (exact) mass is 323 g/mol. The predicted octanol–water partition coefficient (Wildman–Crippen LogP) is 0.213. The number of carbonyl (C=O) groups is 3. The fraction of sp³-hybridized carbons (Fsp3) is 0.357. The molecule has 1 fully saturated rings. The third kappa shape index (κ3) is 5.28. The van der Waals surface area contributed by atoms with Crippen molar-refractivity contribution in [1.82, 2.24) is 16.2 Å². The molecule has 1 aliphatic carbocycles. The number of benzene rings is 1. The van der Waals surface area contributed by atoms with Crippen LogP contribution >= 0.6 is 11.8 Å². The first kappa shape index (κ1) is 16.2. The summed E-state index contributed by atoms with van der Waals surface area (Å²) >= 11 is 1.31. The van der Waals surface area contributed by atoms with Crippen LogP contribution in [0.1, 0.15) is 12.8 Å². The summed E-state index contributed by atoms with van der Waals surface area (Å²) in [5.74, 6) is -1.13. The van der Waals surface area contributed by atoms with Crippen LogP contribution in [0.15, 0.2) is 29.2 Å². The van der Waals surface area contributed by atoms with Gasteiger partial charge < -0.3 is 10.1 Å². The van der Waals surface area contributed by atoms with E-state index in [1.807, 2.05) is 12.1 Å². The summed E-state index contributed by atoms with van der Waals surface area (Å²) in [6.07, 6.45) is 1.79. The fourth-order valence-corrected chi connectivity index (χ4v) is 2.22. The average molecular weight is 323 g/mol. The number of methoxy groups -OCH3 is 1. The van der Waals surface area contributed by atoms with Crippen LogP contribution in [-0.4, -0.2) is 36.6 Å². The summed E-state index contributed by atoms with van der Waals surface area (Å²) in [5, 5.41) is 2.53. The Morgan fingerprint density at radius 2 is 1.82 bits per heavy atom. The van der Waals surface area contributed by atoms with Gasteiger partial charge in [0.15, 0.2) is 0 Å². The van der Waals surface area contributed by atoms with Gasteiger partial charge in [0.25, 0.3) is 0 Å². The molecule has 1 aromatic rings. The lowest BCUT2D eigenvalue weighted by Crippen LogP contribution is -2.49. The number of hydrazine groups is 1. The predicted molar refractivity (Wildman–Crippen MR) is 81.2 cm³/mol. The molecule has 2 rings (SSSR count). The number of ether oxygens (including phenoxy) is 1. The second-order valence-corrected chi connectivity index (χ2v) is 5.76. The molecule has 0 radical (unpaired) electrons. The van der Waals surface area contributed by atoms with Crippen LogP contribution in [0.2, 0.25) is 0 Å². The molecule has 7 nitrogen and oxygen atoms in total. The Labute approximate surface area is 132 Å². The Balaban J connectivity index is 1.66. The van der Waals surface area contributed by atoms with Gasteiger partial charge in [0.1, 0.15) is 5.75 Å². The van der Waals surface area contributed by atoms with Crippen molar-refractivity contribution in [2.75, 3.05) is 12.9 Å². The second kappa shape index (κ2) is 7.69. The molecule has 1 saturated carbocycles. The third-order valence-electron chi connectivity index (χ3n) is 2.86. The van der Waals surface area contributed by atoms with E-state index < -0.39 is 17.7 Å². The van der Waals surface area contributed by atoms with Crippen LogP contribution in [0.4, 0.5) is 0 Å². The molecule has 0 aromatic heterocycles. The van der Waals surface area contributed by atoms with Gasteiger partial charge in [0.05, 0.1) is 12.9 Å². The maximum atomic E-state index is 11.6. The summed E-state index contributed by atoms with van der Waals surface area (Å²) in [4.78, 5) is 35.2. The van der Waals surface area contributed by atoms with E-state index in [1.165, 1.54) is 11.8 Å². The quantitative estimate of drug-likeness (QED) is 0.409. The first-order valence-electron chi connectivity index (χ1n) is 6.75. The van der Waals surface area contributed by atoms with Crippen molar-refractivity contribution in [2.24, 2.45) is 0 Å². The topological polar surface area (TPSA) is 96.5 Å². The number of hydrogen-bond acceptors (Lipinski definition) is 5. The van der Waals surface area contributed by atoms with Gasteiger partial charge in [-0.05, 0) is 37.1 Å². The average Bonchev–Trinajstić information content (AvgIpc) is 3.34. The van der Waals surface area contributed by atoms with Crippen molar-refractivity contribution in [3.63, 3.8) is 0 Å². The minimum absolute atomic E-state index is 0.0968. The molecule has 3 amide bonds. The lowest BCUT2D eigenvalue weighted by atomic mass is 10.3. The molecule has 3 N–H and O–H groups in total. The standard InChI is InChI=1S/C14H17N3O4S/c1-21-10-4-6-11(7-5-10)22-8-12(18)16-17-14(20)13(19)15-9-2-3-9/h4-7,9H,2-3,8H2,1H3,(H,15,19)(H,16,18)(H,17,20). The van der Waals surface area contributed by atoms with Gasteiger partial charge in [-0.2, -0.15) is 0 Å². The van der Waals surface area contributed by atoms with Crippen LogP contribution < -0.4 is 20.9 Å². The maximum Gasteiger partial charge on any atom is 0.327 e. The molecule has 0 spiro atoms. The number of nitrogens with one attached hydrogen (secondary N) is 3. The van der Waals surface area contributed by atoms with Gasteiger partial charge in [0.2, 0.25) is 5.91 Å². The highest BCUT2D eigenvalue weighted by Crippen LogP contribution is 2.20. The number of rotatable bonds is 5. The smallest absolute Gasteiger partial charge is 0.327 e. The number of hydrogen-bond donors (Lipinski definition) is 3. The van der Waals surface area contributed by atoms with Crippen molar-refractivity contribution in [3.05, 3.63) is 24.3 Å². The molecule has 22 heavy (non-hydrogen) atoms. The lowest BCUT2D eigenvalue weighted by Gasteiger charge is -2.07. The van der Waals surface area contributed by atoms with Crippen LogP contribution in [-0.2, 0) is 14.4 Å². The highest BCUT2D eigenvalue weighted by molar-refractivity contribution is 8.00. The molecule has 0 bridgehead atoms. The van der Waals surface area contributed by atoms with Crippen LogP contribution in [0.25, 0.3) is 0 Å². The molecule has 8 heteroatoms.